The highest BCUT2D eigenvalue weighted by Crippen LogP contribution is 2.36. The van der Waals surface area contributed by atoms with E-state index in [1.165, 1.54) is 0 Å². The van der Waals surface area contributed by atoms with Gasteiger partial charge in [0.2, 0.25) is 0 Å². The van der Waals surface area contributed by atoms with Gasteiger partial charge in [-0.3, -0.25) is 0 Å². The average molecular weight is 186 g/mol. The van der Waals surface area contributed by atoms with Gasteiger partial charge < -0.3 is 5.73 Å². The first-order valence-electron chi connectivity index (χ1n) is 5.00. The van der Waals surface area contributed by atoms with E-state index in [4.69, 9.17) is 11.0 Å². The molecule has 2 rings (SSSR count). The van der Waals surface area contributed by atoms with Crippen molar-refractivity contribution in [2.24, 2.45) is 5.73 Å². The first-order chi connectivity index (χ1) is 6.73. The predicted octanol–water partition coefficient (Wildman–Crippen LogP) is 1.98. The van der Waals surface area contributed by atoms with Crippen molar-refractivity contribution in [2.45, 2.75) is 31.2 Å². The van der Waals surface area contributed by atoms with Gasteiger partial charge >= 0.3 is 0 Å². The highest BCUT2D eigenvalue weighted by atomic mass is 14.8. The molecule has 0 atom stereocenters. The number of rotatable bonds is 3. The molecular weight excluding hydrogens is 172 g/mol. The first-order valence-corrected chi connectivity index (χ1v) is 5.00. The molecule has 1 aliphatic carbocycles. The van der Waals surface area contributed by atoms with Gasteiger partial charge in [-0.1, -0.05) is 18.2 Å². The van der Waals surface area contributed by atoms with Crippen LogP contribution in [0.3, 0.4) is 0 Å². The smallest absolute Gasteiger partial charge is 0.0994 e. The number of benzene rings is 1. The molecule has 2 N–H and O–H groups in total. The molecule has 0 aromatic heterocycles. The van der Waals surface area contributed by atoms with Crippen LogP contribution >= 0.6 is 0 Å². The number of nitrogens with zero attached hydrogens (tertiary/aromatic N) is 1. The monoisotopic (exact) mass is 186 g/mol. The summed E-state index contributed by atoms with van der Waals surface area (Å²) < 4.78 is 0. The van der Waals surface area contributed by atoms with Crippen molar-refractivity contribution in [3.05, 3.63) is 35.4 Å². The average Bonchev–Trinajstić information content (AvgIpc) is 2.95. The summed E-state index contributed by atoms with van der Waals surface area (Å²) in [5, 5.41) is 8.88. The third kappa shape index (κ3) is 1.94. The van der Waals surface area contributed by atoms with Crippen LogP contribution in [0.25, 0.3) is 0 Å². The van der Waals surface area contributed by atoms with Crippen molar-refractivity contribution < 1.29 is 0 Å². The van der Waals surface area contributed by atoms with Gasteiger partial charge in [0.15, 0.2) is 0 Å². The lowest BCUT2D eigenvalue weighted by Crippen LogP contribution is -2.22. The molecule has 0 saturated heterocycles. The molecule has 0 amide bonds. The SMILES string of the molecule is N#Cc1ccccc1CCC1(N)CC1. The van der Waals surface area contributed by atoms with Crippen LogP contribution in [-0.2, 0) is 6.42 Å². The van der Waals surface area contributed by atoms with E-state index in [9.17, 15) is 0 Å². The molecule has 0 spiro atoms. The van der Waals surface area contributed by atoms with Crippen molar-refractivity contribution in [1.29, 1.82) is 5.26 Å². The van der Waals surface area contributed by atoms with E-state index < -0.39 is 0 Å². The van der Waals surface area contributed by atoms with Gasteiger partial charge in [-0.25, -0.2) is 0 Å². The second kappa shape index (κ2) is 3.43. The molecule has 72 valence electrons. The molecular formula is C12H14N2. The van der Waals surface area contributed by atoms with Crippen molar-refractivity contribution in [2.75, 3.05) is 0 Å². The summed E-state index contributed by atoms with van der Waals surface area (Å²) >= 11 is 0. The summed E-state index contributed by atoms with van der Waals surface area (Å²) in [6.07, 6.45) is 4.22. The summed E-state index contributed by atoms with van der Waals surface area (Å²) in [6, 6.07) is 9.97. The minimum absolute atomic E-state index is 0.0859. The van der Waals surface area contributed by atoms with Crippen molar-refractivity contribution in [3.8, 4) is 6.07 Å². The third-order valence-electron chi connectivity index (χ3n) is 2.92. The van der Waals surface area contributed by atoms with E-state index >= 15 is 0 Å². The van der Waals surface area contributed by atoms with Crippen LogP contribution in [0.4, 0.5) is 0 Å². The molecule has 0 unspecified atom stereocenters. The highest BCUT2D eigenvalue weighted by Gasteiger charge is 2.37. The van der Waals surface area contributed by atoms with E-state index in [0.29, 0.717) is 0 Å². The Kier molecular flexibility index (Phi) is 2.26. The zero-order valence-electron chi connectivity index (χ0n) is 8.16. The predicted molar refractivity (Wildman–Crippen MR) is 55.6 cm³/mol. The molecule has 0 radical (unpaired) electrons. The number of nitriles is 1. The molecule has 0 aliphatic heterocycles. The number of hydrogen-bond donors (Lipinski definition) is 1. The van der Waals surface area contributed by atoms with E-state index in [0.717, 1.165) is 36.8 Å². The van der Waals surface area contributed by atoms with E-state index in [2.05, 4.69) is 6.07 Å². The standard InChI is InChI=1S/C12H14N2/c13-9-11-4-2-1-3-10(11)5-6-12(14)7-8-12/h1-4H,5-8,14H2. The third-order valence-corrected chi connectivity index (χ3v) is 2.92. The first kappa shape index (κ1) is 9.23. The Morgan fingerprint density at radius 1 is 1.36 bits per heavy atom. The lowest BCUT2D eigenvalue weighted by Gasteiger charge is -2.08. The lowest BCUT2D eigenvalue weighted by atomic mass is 10.0. The fraction of sp³-hybridized carbons (Fsp3) is 0.417. The molecule has 0 heterocycles. The molecule has 1 aliphatic rings. The fourth-order valence-electron chi connectivity index (χ4n) is 1.64. The normalized spacial score (nSPS) is 17.4. The van der Waals surface area contributed by atoms with E-state index in [1.54, 1.807) is 0 Å². The Hall–Kier alpha value is -1.33. The molecule has 0 bridgehead atoms. The lowest BCUT2D eigenvalue weighted by molar-refractivity contribution is 0.609. The van der Waals surface area contributed by atoms with Crippen LogP contribution in [-0.4, -0.2) is 5.54 Å². The molecule has 1 saturated carbocycles. The summed E-state index contributed by atoms with van der Waals surface area (Å²) in [4.78, 5) is 0. The summed E-state index contributed by atoms with van der Waals surface area (Å²) in [5.41, 5.74) is 8.01. The Morgan fingerprint density at radius 2 is 2.07 bits per heavy atom. The quantitative estimate of drug-likeness (QED) is 0.784. The van der Waals surface area contributed by atoms with Crippen LogP contribution in [0.5, 0.6) is 0 Å². The summed E-state index contributed by atoms with van der Waals surface area (Å²) in [7, 11) is 0. The maximum absolute atomic E-state index is 8.88. The van der Waals surface area contributed by atoms with E-state index in [1.807, 2.05) is 24.3 Å². The van der Waals surface area contributed by atoms with Crippen LogP contribution in [0.15, 0.2) is 24.3 Å². The van der Waals surface area contributed by atoms with Gasteiger partial charge in [-0.2, -0.15) is 5.26 Å². The van der Waals surface area contributed by atoms with Crippen LogP contribution < -0.4 is 5.73 Å². The zero-order chi connectivity index (χ0) is 10.0. The molecule has 1 aromatic carbocycles. The van der Waals surface area contributed by atoms with Gasteiger partial charge in [-0.05, 0) is 37.3 Å². The zero-order valence-corrected chi connectivity index (χ0v) is 8.16. The maximum atomic E-state index is 8.88. The number of aryl methyl sites for hydroxylation is 1. The minimum atomic E-state index is 0.0859. The fourth-order valence-corrected chi connectivity index (χ4v) is 1.64. The highest BCUT2D eigenvalue weighted by molar-refractivity contribution is 5.37. The Morgan fingerprint density at radius 3 is 2.71 bits per heavy atom. The van der Waals surface area contributed by atoms with E-state index in [-0.39, 0.29) is 5.54 Å². The Labute approximate surface area is 84.3 Å². The summed E-state index contributed by atoms with van der Waals surface area (Å²) in [5.74, 6) is 0. The Balaban J connectivity index is 2.05. The van der Waals surface area contributed by atoms with Gasteiger partial charge in [0.1, 0.15) is 0 Å². The minimum Gasteiger partial charge on any atom is -0.325 e. The van der Waals surface area contributed by atoms with Gasteiger partial charge in [0.25, 0.3) is 0 Å². The second-order valence-corrected chi connectivity index (χ2v) is 4.13. The molecule has 1 aromatic rings. The van der Waals surface area contributed by atoms with Gasteiger partial charge in [0.05, 0.1) is 11.6 Å². The second-order valence-electron chi connectivity index (χ2n) is 4.13. The van der Waals surface area contributed by atoms with Crippen molar-refractivity contribution in [3.63, 3.8) is 0 Å². The van der Waals surface area contributed by atoms with Crippen molar-refractivity contribution in [1.82, 2.24) is 0 Å². The van der Waals surface area contributed by atoms with Crippen LogP contribution in [0, 0.1) is 11.3 Å². The Bertz CT molecular complexity index is 372. The molecule has 14 heavy (non-hydrogen) atoms. The van der Waals surface area contributed by atoms with Crippen LogP contribution in [0.1, 0.15) is 30.4 Å². The topological polar surface area (TPSA) is 49.8 Å². The molecule has 2 nitrogen and oxygen atoms in total. The van der Waals surface area contributed by atoms with Gasteiger partial charge in [0, 0.05) is 5.54 Å². The number of hydrogen-bond acceptors (Lipinski definition) is 2. The molecule has 2 heteroatoms. The van der Waals surface area contributed by atoms with Crippen LogP contribution in [0.2, 0.25) is 0 Å². The maximum Gasteiger partial charge on any atom is 0.0994 e. The largest absolute Gasteiger partial charge is 0.325 e. The molecule has 1 fully saturated rings. The summed E-state index contributed by atoms with van der Waals surface area (Å²) in [6.45, 7) is 0. The van der Waals surface area contributed by atoms with Crippen molar-refractivity contribution >= 4 is 0 Å². The number of nitrogens with two attached hydrogens (primary N) is 1. The van der Waals surface area contributed by atoms with Gasteiger partial charge in [-0.15, -0.1) is 0 Å².